The summed E-state index contributed by atoms with van der Waals surface area (Å²) >= 11 is 7.92. The number of hydrogen-bond donors (Lipinski definition) is 1. The molecule has 4 rings (SSSR count). The minimum absolute atomic E-state index is 0.0308. The van der Waals surface area contributed by atoms with E-state index < -0.39 is 5.97 Å². The largest absolute Gasteiger partial charge is 0.481 e. The maximum atomic E-state index is 11.3. The van der Waals surface area contributed by atoms with Crippen LogP contribution in [-0.4, -0.2) is 21.4 Å². The van der Waals surface area contributed by atoms with Crippen molar-refractivity contribution >= 4 is 51.1 Å². The number of aryl methyl sites for hydroxylation is 2. The summed E-state index contributed by atoms with van der Waals surface area (Å²) in [6.45, 7) is 2.93. The fourth-order valence-electron chi connectivity index (χ4n) is 3.91. The van der Waals surface area contributed by atoms with Crippen LogP contribution >= 0.6 is 23.4 Å². The van der Waals surface area contributed by atoms with E-state index in [1.54, 1.807) is 11.8 Å². The van der Waals surface area contributed by atoms with E-state index >= 15 is 0 Å². The molecule has 0 aliphatic heterocycles. The van der Waals surface area contributed by atoms with Gasteiger partial charge in [-0.2, -0.15) is 0 Å². The van der Waals surface area contributed by atoms with Crippen molar-refractivity contribution in [2.24, 2.45) is 0 Å². The lowest BCUT2D eigenvalue weighted by Crippen LogP contribution is -2.03. The molecule has 0 saturated carbocycles. The smallest absolute Gasteiger partial charge is 0.307 e. The molecule has 5 heteroatoms. The number of benzene rings is 3. The molecule has 0 aliphatic rings. The second-order valence-corrected chi connectivity index (χ2v) is 8.78. The molecule has 1 aromatic heterocycles. The predicted molar refractivity (Wildman–Crippen MR) is 122 cm³/mol. The highest BCUT2D eigenvalue weighted by molar-refractivity contribution is 7.99. The lowest BCUT2D eigenvalue weighted by atomic mass is 10.1. The van der Waals surface area contributed by atoms with Gasteiger partial charge in [-0.15, -0.1) is 11.8 Å². The van der Waals surface area contributed by atoms with Crippen molar-refractivity contribution in [1.82, 2.24) is 4.57 Å². The van der Waals surface area contributed by atoms with Crippen molar-refractivity contribution in [3.05, 3.63) is 76.8 Å². The average molecular weight is 424 g/mol. The Labute approximate surface area is 179 Å². The predicted octanol–water partition coefficient (Wildman–Crippen LogP) is 6.43. The first kappa shape index (κ1) is 19.9. The van der Waals surface area contributed by atoms with E-state index in [2.05, 4.69) is 41.8 Å². The summed E-state index contributed by atoms with van der Waals surface area (Å²) < 4.78 is 2.32. The van der Waals surface area contributed by atoms with Gasteiger partial charge in [0.15, 0.2) is 0 Å². The van der Waals surface area contributed by atoms with Crippen LogP contribution < -0.4 is 0 Å². The fraction of sp³-hybridized carbons (Fsp3) is 0.208. The molecule has 1 heterocycles. The van der Waals surface area contributed by atoms with Gasteiger partial charge in [-0.1, -0.05) is 48.9 Å². The first-order valence-electron chi connectivity index (χ1n) is 9.69. The molecule has 0 aliphatic carbocycles. The van der Waals surface area contributed by atoms with E-state index in [9.17, 15) is 9.90 Å². The highest BCUT2D eigenvalue weighted by Crippen LogP contribution is 2.37. The van der Waals surface area contributed by atoms with Crippen LogP contribution in [-0.2, 0) is 24.2 Å². The summed E-state index contributed by atoms with van der Waals surface area (Å²) in [5.74, 6) is 0.131. The number of aliphatic carboxylic acids is 1. The average Bonchev–Trinajstić information content (AvgIpc) is 3.00. The molecule has 1 N–H and O–H groups in total. The molecule has 0 atom stereocenters. The van der Waals surface area contributed by atoms with Crippen molar-refractivity contribution in [2.75, 3.05) is 5.75 Å². The van der Waals surface area contributed by atoms with E-state index in [4.69, 9.17) is 11.6 Å². The van der Waals surface area contributed by atoms with Crippen LogP contribution in [0.4, 0.5) is 0 Å². The molecule has 3 aromatic carbocycles. The Balaban J connectivity index is 1.88. The van der Waals surface area contributed by atoms with Gasteiger partial charge < -0.3 is 9.67 Å². The Hall–Kier alpha value is -2.43. The SMILES string of the molecule is CCSc1cc(CC(=O)O)cc2c1c1ccccc1n2CCc1cccc(Cl)c1. The number of nitrogens with zero attached hydrogens (tertiary/aromatic N) is 1. The van der Waals surface area contributed by atoms with Crippen LogP contribution in [0.1, 0.15) is 18.1 Å². The van der Waals surface area contributed by atoms with Crippen molar-refractivity contribution in [1.29, 1.82) is 0 Å². The van der Waals surface area contributed by atoms with Crippen molar-refractivity contribution in [3.63, 3.8) is 0 Å². The third-order valence-electron chi connectivity index (χ3n) is 5.06. The van der Waals surface area contributed by atoms with E-state index in [0.717, 1.165) is 39.7 Å². The Morgan fingerprint density at radius 1 is 1.03 bits per heavy atom. The van der Waals surface area contributed by atoms with Crippen LogP contribution in [0.2, 0.25) is 5.02 Å². The van der Waals surface area contributed by atoms with Crippen LogP contribution in [0, 0.1) is 0 Å². The maximum absolute atomic E-state index is 11.3. The van der Waals surface area contributed by atoms with E-state index in [0.29, 0.717) is 0 Å². The minimum atomic E-state index is -0.807. The summed E-state index contributed by atoms with van der Waals surface area (Å²) in [6.07, 6.45) is 0.886. The number of carbonyl (C=O) groups is 1. The molecule has 0 saturated heterocycles. The summed E-state index contributed by atoms with van der Waals surface area (Å²) in [5, 5.41) is 12.5. The van der Waals surface area contributed by atoms with Crippen molar-refractivity contribution in [2.45, 2.75) is 31.2 Å². The van der Waals surface area contributed by atoms with Gasteiger partial charge in [0.1, 0.15) is 0 Å². The quantitative estimate of drug-likeness (QED) is 0.348. The van der Waals surface area contributed by atoms with Gasteiger partial charge in [-0.3, -0.25) is 4.79 Å². The van der Waals surface area contributed by atoms with E-state index in [-0.39, 0.29) is 6.42 Å². The minimum Gasteiger partial charge on any atom is -0.481 e. The molecular weight excluding hydrogens is 402 g/mol. The van der Waals surface area contributed by atoms with Gasteiger partial charge in [0, 0.05) is 32.8 Å². The number of carboxylic acids is 1. The van der Waals surface area contributed by atoms with Crippen LogP contribution in [0.25, 0.3) is 21.8 Å². The zero-order valence-corrected chi connectivity index (χ0v) is 17.8. The van der Waals surface area contributed by atoms with Gasteiger partial charge in [0.25, 0.3) is 0 Å². The highest BCUT2D eigenvalue weighted by Gasteiger charge is 2.16. The summed E-state index contributed by atoms with van der Waals surface area (Å²) in [4.78, 5) is 12.5. The lowest BCUT2D eigenvalue weighted by Gasteiger charge is -2.10. The maximum Gasteiger partial charge on any atom is 0.307 e. The number of hydrogen-bond acceptors (Lipinski definition) is 2. The first-order chi connectivity index (χ1) is 14.1. The Morgan fingerprint density at radius 3 is 2.62 bits per heavy atom. The zero-order valence-electron chi connectivity index (χ0n) is 16.2. The van der Waals surface area contributed by atoms with Crippen LogP contribution in [0.15, 0.2) is 65.6 Å². The molecule has 0 bridgehead atoms. The molecule has 148 valence electrons. The third kappa shape index (κ3) is 4.14. The number of para-hydroxylation sites is 1. The monoisotopic (exact) mass is 423 g/mol. The molecular formula is C24H22ClNO2S. The first-order valence-corrected chi connectivity index (χ1v) is 11.1. The van der Waals surface area contributed by atoms with E-state index in [1.807, 2.05) is 30.3 Å². The van der Waals surface area contributed by atoms with Gasteiger partial charge in [-0.25, -0.2) is 0 Å². The number of fused-ring (bicyclic) bond motifs is 3. The number of aromatic nitrogens is 1. The van der Waals surface area contributed by atoms with Crippen molar-refractivity contribution in [3.8, 4) is 0 Å². The molecule has 0 spiro atoms. The Morgan fingerprint density at radius 2 is 1.86 bits per heavy atom. The van der Waals surface area contributed by atoms with Crippen LogP contribution in [0.5, 0.6) is 0 Å². The number of rotatable bonds is 7. The molecule has 0 radical (unpaired) electrons. The van der Waals surface area contributed by atoms with Gasteiger partial charge >= 0.3 is 5.97 Å². The topological polar surface area (TPSA) is 42.2 Å². The highest BCUT2D eigenvalue weighted by atomic mass is 35.5. The molecule has 4 aromatic rings. The Kier molecular flexibility index (Phi) is 5.84. The van der Waals surface area contributed by atoms with Crippen LogP contribution in [0.3, 0.4) is 0 Å². The normalized spacial score (nSPS) is 11.4. The molecule has 3 nitrogen and oxygen atoms in total. The molecule has 0 amide bonds. The Bertz CT molecular complexity index is 1200. The fourth-order valence-corrected chi connectivity index (χ4v) is 5.03. The summed E-state index contributed by atoms with van der Waals surface area (Å²) in [7, 11) is 0. The van der Waals surface area contributed by atoms with Crippen molar-refractivity contribution < 1.29 is 9.90 Å². The second-order valence-electron chi connectivity index (χ2n) is 7.04. The summed E-state index contributed by atoms with van der Waals surface area (Å²) in [6, 6.07) is 20.5. The third-order valence-corrected chi connectivity index (χ3v) is 6.22. The summed E-state index contributed by atoms with van der Waals surface area (Å²) in [5.41, 5.74) is 4.30. The lowest BCUT2D eigenvalue weighted by molar-refractivity contribution is -0.136. The van der Waals surface area contributed by atoms with Gasteiger partial charge in [0.05, 0.1) is 11.9 Å². The molecule has 0 fully saturated rings. The molecule has 0 unspecified atom stereocenters. The second kappa shape index (κ2) is 8.52. The van der Waals surface area contributed by atoms with Gasteiger partial charge in [0.2, 0.25) is 0 Å². The standard InChI is InChI=1S/C24H22ClNO2S/c1-2-29-22-14-17(15-23(27)28)13-21-24(22)19-8-3-4-9-20(19)26(21)11-10-16-6-5-7-18(25)12-16/h3-9,12-14H,2,10-11,15H2,1H3,(H,27,28). The van der Waals surface area contributed by atoms with E-state index in [1.165, 1.54) is 21.9 Å². The number of carboxylic acid groups (broad SMARTS) is 1. The molecule has 29 heavy (non-hydrogen) atoms. The van der Waals surface area contributed by atoms with Gasteiger partial charge in [-0.05, 0) is 53.6 Å². The zero-order chi connectivity index (χ0) is 20.4. The number of thioether (sulfide) groups is 1. The number of halogens is 1.